The van der Waals surface area contributed by atoms with Crippen LogP contribution in [0.3, 0.4) is 0 Å². The van der Waals surface area contributed by atoms with Crippen molar-refractivity contribution in [3.8, 4) is 0 Å². The van der Waals surface area contributed by atoms with Crippen LogP contribution in [0.2, 0.25) is 10.0 Å². The van der Waals surface area contributed by atoms with E-state index >= 15 is 0 Å². The zero-order valence-corrected chi connectivity index (χ0v) is 15.9. The molecule has 130 valence electrons. The van der Waals surface area contributed by atoms with Crippen molar-refractivity contribution < 1.29 is 8.42 Å². The topological polar surface area (TPSA) is 49.4 Å². The Hall–Kier alpha value is -1.27. The minimum Gasteiger partial charge on any atom is -0.370 e. The van der Waals surface area contributed by atoms with Crippen molar-refractivity contribution in [3.05, 3.63) is 58.1 Å². The molecule has 1 N–H and O–H groups in total. The van der Waals surface area contributed by atoms with Crippen LogP contribution < -0.4 is 9.62 Å². The van der Waals surface area contributed by atoms with Gasteiger partial charge in [-0.1, -0.05) is 35.3 Å². The molecule has 0 saturated heterocycles. The zero-order valence-electron chi connectivity index (χ0n) is 13.6. The van der Waals surface area contributed by atoms with Gasteiger partial charge in [-0.05, 0) is 49.7 Å². The number of likely N-dealkylation sites (N-methyl/N-ethyl adjacent to an activating group) is 1. The lowest BCUT2D eigenvalue weighted by atomic mass is 10.2. The molecule has 0 saturated carbocycles. The highest BCUT2D eigenvalue weighted by Gasteiger charge is 2.15. The third-order valence-corrected chi connectivity index (χ3v) is 5.45. The van der Waals surface area contributed by atoms with Gasteiger partial charge in [-0.3, -0.25) is 0 Å². The molecular formula is C17H20Cl2N2O2S. The first-order valence-corrected chi connectivity index (χ1v) is 9.83. The summed E-state index contributed by atoms with van der Waals surface area (Å²) in [6.45, 7) is 5.70. The summed E-state index contributed by atoms with van der Waals surface area (Å²) in [5.41, 5.74) is 2.24. The molecule has 2 aromatic rings. The maximum atomic E-state index is 12.4. The maximum absolute atomic E-state index is 12.4. The molecule has 7 heteroatoms. The number of nitrogens with one attached hydrogen (secondary N) is 1. The monoisotopic (exact) mass is 386 g/mol. The normalized spacial score (nSPS) is 11.5. The van der Waals surface area contributed by atoms with Crippen LogP contribution in [0, 0.1) is 6.92 Å². The molecule has 0 spiro atoms. The predicted molar refractivity (Wildman–Crippen MR) is 101 cm³/mol. The van der Waals surface area contributed by atoms with E-state index in [-0.39, 0.29) is 21.5 Å². The maximum Gasteiger partial charge on any atom is 0.240 e. The molecule has 0 fully saturated rings. The Kier molecular flexibility index (Phi) is 6.52. The second kappa shape index (κ2) is 8.21. The van der Waals surface area contributed by atoms with Gasteiger partial charge in [0.2, 0.25) is 10.0 Å². The summed E-state index contributed by atoms with van der Waals surface area (Å²) in [6, 6.07) is 12.4. The van der Waals surface area contributed by atoms with E-state index in [0.717, 1.165) is 12.2 Å². The lowest BCUT2D eigenvalue weighted by molar-refractivity contribution is 0.581. The summed E-state index contributed by atoms with van der Waals surface area (Å²) in [6.07, 6.45) is 0. The van der Waals surface area contributed by atoms with E-state index in [9.17, 15) is 8.42 Å². The van der Waals surface area contributed by atoms with Gasteiger partial charge in [-0.15, -0.1) is 0 Å². The summed E-state index contributed by atoms with van der Waals surface area (Å²) >= 11 is 11.7. The highest BCUT2D eigenvalue weighted by molar-refractivity contribution is 7.89. The highest BCUT2D eigenvalue weighted by atomic mass is 35.5. The number of rotatable bonds is 7. The lowest BCUT2D eigenvalue weighted by Gasteiger charge is -2.23. The fourth-order valence-corrected chi connectivity index (χ4v) is 4.12. The number of anilines is 1. The standard InChI is InChI=1S/C17H20Cl2N2O2S/c1-3-21(16-6-4-5-13(2)9-16)8-7-20-24(22,23)17-11-14(18)10-15(19)12-17/h4-6,9-12,20H,3,7-8H2,1-2H3. The Morgan fingerprint density at radius 3 is 2.33 bits per heavy atom. The second-order valence-corrected chi connectivity index (χ2v) is 8.06. The Morgan fingerprint density at radius 1 is 1.08 bits per heavy atom. The van der Waals surface area contributed by atoms with E-state index in [0.29, 0.717) is 6.54 Å². The Bertz CT molecular complexity index is 790. The number of hydrogen-bond donors (Lipinski definition) is 1. The van der Waals surface area contributed by atoms with E-state index in [2.05, 4.69) is 15.7 Å². The lowest BCUT2D eigenvalue weighted by Crippen LogP contribution is -2.35. The first-order valence-electron chi connectivity index (χ1n) is 7.59. The van der Waals surface area contributed by atoms with Crippen LogP contribution in [-0.2, 0) is 10.0 Å². The molecular weight excluding hydrogens is 367 g/mol. The number of hydrogen-bond acceptors (Lipinski definition) is 3. The Balaban J connectivity index is 2.03. The average Bonchev–Trinajstić information content (AvgIpc) is 2.50. The summed E-state index contributed by atoms with van der Waals surface area (Å²) < 4.78 is 27.3. The molecule has 0 aliphatic rings. The Labute approximate surface area is 153 Å². The molecule has 2 rings (SSSR count). The number of benzene rings is 2. The molecule has 0 atom stereocenters. The molecule has 0 aromatic heterocycles. The first-order chi connectivity index (χ1) is 11.3. The van der Waals surface area contributed by atoms with Gasteiger partial charge in [0.15, 0.2) is 0 Å². The molecule has 0 heterocycles. The molecule has 0 aliphatic heterocycles. The quantitative estimate of drug-likeness (QED) is 0.778. The largest absolute Gasteiger partial charge is 0.370 e. The van der Waals surface area contributed by atoms with Gasteiger partial charge >= 0.3 is 0 Å². The van der Waals surface area contributed by atoms with Crippen LogP contribution in [0.1, 0.15) is 12.5 Å². The third-order valence-electron chi connectivity index (χ3n) is 3.57. The molecule has 0 aliphatic carbocycles. The van der Waals surface area contributed by atoms with Crippen molar-refractivity contribution in [1.82, 2.24) is 4.72 Å². The van der Waals surface area contributed by atoms with Gasteiger partial charge in [-0.25, -0.2) is 13.1 Å². The van der Waals surface area contributed by atoms with Crippen molar-refractivity contribution in [2.24, 2.45) is 0 Å². The van der Waals surface area contributed by atoms with Crippen molar-refractivity contribution in [1.29, 1.82) is 0 Å². The molecule has 24 heavy (non-hydrogen) atoms. The third kappa shape index (κ3) is 5.11. The van der Waals surface area contributed by atoms with Crippen LogP contribution in [0.15, 0.2) is 47.4 Å². The van der Waals surface area contributed by atoms with Crippen LogP contribution >= 0.6 is 23.2 Å². The summed E-state index contributed by atoms with van der Waals surface area (Å²) in [5, 5.41) is 0.579. The van der Waals surface area contributed by atoms with E-state index in [1.54, 1.807) is 0 Å². The van der Waals surface area contributed by atoms with Crippen molar-refractivity contribution in [2.45, 2.75) is 18.7 Å². The van der Waals surface area contributed by atoms with E-state index in [4.69, 9.17) is 23.2 Å². The smallest absolute Gasteiger partial charge is 0.240 e. The van der Waals surface area contributed by atoms with Gasteiger partial charge < -0.3 is 4.90 Å². The first kappa shape index (κ1) is 19.1. The highest BCUT2D eigenvalue weighted by Crippen LogP contribution is 2.22. The minimum absolute atomic E-state index is 0.0682. The van der Waals surface area contributed by atoms with Crippen LogP contribution in [-0.4, -0.2) is 28.1 Å². The molecule has 0 radical (unpaired) electrons. The summed E-state index contributed by atoms with van der Waals surface area (Å²) in [5.74, 6) is 0. The summed E-state index contributed by atoms with van der Waals surface area (Å²) in [4.78, 5) is 2.18. The van der Waals surface area contributed by atoms with Crippen LogP contribution in [0.25, 0.3) is 0 Å². The number of sulfonamides is 1. The van der Waals surface area contributed by atoms with E-state index in [1.165, 1.54) is 23.8 Å². The number of nitrogens with zero attached hydrogens (tertiary/aromatic N) is 1. The fourth-order valence-electron chi connectivity index (χ4n) is 2.38. The van der Waals surface area contributed by atoms with Crippen molar-refractivity contribution in [3.63, 3.8) is 0 Å². The zero-order chi connectivity index (χ0) is 17.7. The molecule has 2 aromatic carbocycles. The average molecular weight is 387 g/mol. The van der Waals surface area contributed by atoms with Crippen molar-refractivity contribution in [2.75, 3.05) is 24.5 Å². The van der Waals surface area contributed by atoms with Gasteiger partial charge in [-0.2, -0.15) is 0 Å². The predicted octanol–water partition coefficient (Wildman–Crippen LogP) is 4.11. The summed E-state index contributed by atoms with van der Waals surface area (Å²) in [7, 11) is -3.65. The molecule has 0 unspecified atom stereocenters. The molecule has 4 nitrogen and oxygen atoms in total. The van der Waals surface area contributed by atoms with E-state index in [1.807, 2.05) is 32.0 Å². The van der Waals surface area contributed by atoms with Crippen LogP contribution in [0.4, 0.5) is 5.69 Å². The van der Waals surface area contributed by atoms with Gasteiger partial charge in [0, 0.05) is 35.4 Å². The SMILES string of the molecule is CCN(CCNS(=O)(=O)c1cc(Cl)cc(Cl)c1)c1cccc(C)c1. The van der Waals surface area contributed by atoms with Gasteiger partial charge in [0.25, 0.3) is 0 Å². The molecule has 0 amide bonds. The van der Waals surface area contributed by atoms with Gasteiger partial charge in [0.05, 0.1) is 4.90 Å². The Morgan fingerprint density at radius 2 is 1.75 bits per heavy atom. The number of halogens is 2. The van der Waals surface area contributed by atoms with Crippen LogP contribution in [0.5, 0.6) is 0 Å². The number of aryl methyl sites for hydroxylation is 1. The minimum atomic E-state index is -3.65. The van der Waals surface area contributed by atoms with E-state index < -0.39 is 10.0 Å². The van der Waals surface area contributed by atoms with Crippen molar-refractivity contribution >= 4 is 38.9 Å². The fraction of sp³-hybridized carbons (Fsp3) is 0.294. The second-order valence-electron chi connectivity index (χ2n) is 5.42. The van der Waals surface area contributed by atoms with Gasteiger partial charge in [0.1, 0.15) is 0 Å². The molecule has 0 bridgehead atoms.